The zero-order valence-corrected chi connectivity index (χ0v) is 13.2. The van der Waals surface area contributed by atoms with Crippen molar-refractivity contribution < 1.29 is 4.74 Å². The molecule has 2 nitrogen and oxygen atoms in total. The molecule has 1 aliphatic heterocycles. The van der Waals surface area contributed by atoms with Crippen LogP contribution in [-0.2, 0) is 0 Å². The van der Waals surface area contributed by atoms with Crippen molar-refractivity contribution in [2.75, 3.05) is 0 Å². The topological polar surface area (TPSA) is 22.1 Å². The fourth-order valence-electron chi connectivity index (χ4n) is 6.16. The van der Waals surface area contributed by atoms with E-state index in [1.54, 1.807) is 0 Å². The minimum absolute atomic E-state index is 0.0494. The highest BCUT2D eigenvalue weighted by molar-refractivity contribution is 5.89. The van der Waals surface area contributed by atoms with E-state index in [1.807, 2.05) is 12.3 Å². The summed E-state index contributed by atoms with van der Waals surface area (Å²) in [5.41, 5.74) is 2.17. The average molecular weight is 303 g/mol. The lowest BCUT2D eigenvalue weighted by atomic mass is 9.49. The number of rotatable bonds is 0. The van der Waals surface area contributed by atoms with E-state index in [9.17, 15) is 0 Å². The van der Waals surface area contributed by atoms with Gasteiger partial charge in [0.1, 0.15) is 11.1 Å². The Hall–Kier alpha value is -1.83. The predicted octanol–water partition coefficient (Wildman–Crippen LogP) is 4.84. The first-order chi connectivity index (χ1) is 11.3. The van der Waals surface area contributed by atoms with Crippen LogP contribution in [0.5, 0.6) is 5.75 Å². The highest BCUT2D eigenvalue weighted by Crippen LogP contribution is 2.61. The van der Waals surface area contributed by atoms with Gasteiger partial charge in [-0.15, -0.1) is 0 Å². The third-order valence-electron chi connectivity index (χ3n) is 6.98. The van der Waals surface area contributed by atoms with Crippen LogP contribution in [0.15, 0.2) is 36.5 Å². The van der Waals surface area contributed by atoms with Crippen molar-refractivity contribution in [2.45, 2.75) is 37.7 Å². The molecule has 0 unspecified atom stereocenters. The lowest BCUT2D eigenvalue weighted by Gasteiger charge is -2.60. The summed E-state index contributed by atoms with van der Waals surface area (Å²) in [7, 11) is 0. The number of hydrogen-bond donors (Lipinski definition) is 0. The van der Waals surface area contributed by atoms with Gasteiger partial charge in [-0.2, -0.15) is 0 Å². The van der Waals surface area contributed by atoms with Crippen LogP contribution in [0.4, 0.5) is 0 Å². The summed E-state index contributed by atoms with van der Waals surface area (Å²) in [4.78, 5) is 4.63. The van der Waals surface area contributed by atoms with Gasteiger partial charge in [-0.05, 0) is 56.1 Å². The lowest BCUT2D eigenvalue weighted by molar-refractivity contribution is -0.128. The van der Waals surface area contributed by atoms with Crippen molar-refractivity contribution in [2.24, 2.45) is 23.7 Å². The van der Waals surface area contributed by atoms with Gasteiger partial charge in [0.2, 0.25) is 0 Å². The molecule has 7 rings (SSSR count). The van der Waals surface area contributed by atoms with Crippen LogP contribution in [0.3, 0.4) is 0 Å². The van der Waals surface area contributed by atoms with Gasteiger partial charge in [-0.1, -0.05) is 24.3 Å². The number of fused-ring (bicyclic) bond motifs is 3. The summed E-state index contributed by atoms with van der Waals surface area (Å²) in [6.45, 7) is 0. The molecule has 0 atom stereocenters. The van der Waals surface area contributed by atoms with Crippen molar-refractivity contribution in [3.63, 3.8) is 0 Å². The molecule has 23 heavy (non-hydrogen) atoms. The van der Waals surface area contributed by atoms with Gasteiger partial charge in [-0.25, -0.2) is 0 Å². The molecule has 0 N–H and O–H groups in total. The highest BCUT2D eigenvalue weighted by atomic mass is 16.5. The zero-order chi connectivity index (χ0) is 15.0. The van der Waals surface area contributed by atoms with E-state index >= 15 is 0 Å². The van der Waals surface area contributed by atoms with Crippen LogP contribution < -0.4 is 4.74 Å². The van der Waals surface area contributed by atoms with E-state index < -0.39 is 0 Å². The fraction of sp³-hybridized carbons (Fsp3) is 0.476. The number of nitrogens with zero attached hydrogens (tertiary/aromatic N) is 1. The second kappa shape index (κ2) is 4.17. The molecule has 0 amide bonds. The number of benzene rings is 1. The molecule has 4 aliphatic carbocycles. The zero-order valence-electron chi connectivity index (χ0n) is 13.2. The molecule has 4 saturated carbocycles. The number of ether oxygens (including phenoxy) is 1. The third-order valence-corrected chi connectivity index (χ3v) is 6.98. The van der Waals surface area contributed by atoms with Gasteiger partial charge in [-0.3, -0.25) is 4.98 Å². The first-order valence-electron chi connectivity index (χ1n) is 9.08. The van der Waals surface area contributed by atoms with Crippen LogP contribution in [0.25, 0.3) is 17.0 Å². The highest BCUT2D eigenvalue weighted by Gasteiger charge is 2.58. The van der Waals surface area contributed by atoms with Gasteiger partial charge >= 0.3 is 0 Å². The Morgan fingerprint density at radius 3 is 2.52 bits per heavy atom. The second-order valence-corrected chi connectivity index (χ2v) is 8.15. The molecule has 1 spiro atoms. The maximum absolute atomic E-state index is 6.86. The Kier molecular flexibility index (Phi) is 2.28. The molecule has 1 aromatic carbocycles. The summed E-state index contributed by atoms with van der Waals surface area (Å²) in [5, 5.41) is 1.18. The summed E-state index contributed by atoms with van der Waals surface area (Å²) in [6, 6.07) is 8.47. The molecule has 0 saturated heterocycles. The normalized spacial score (nSPS) is 39.7. The average Bonchev–Trinajstić information content (AvgIpc) is 2.59. The second-order valence-electron chi connectivity index (χ2n) is 8.15. The Morgan fingerprint density at radius 2 is 1.74 bits per heavy atom. The van der Waals surface area contributed by atoms with E-state index in [-0.39, 0.29) is 5.60 Å². The van der Waals surface area contributed by atoms with Gasteiger partial charge in [0.25, 0.3) is 0 Å². The minimum Gasteiger partial charge on any atom is -0.480 e. The quantitative estimate of drug-likeness (QED) is 0.695. The molecular formula is C21H21NO. The Labute approximate surface area is 136 Å². The van der Waals surface area contributed by atoms with E-state index in [1.165, 1.54) is 43.1 Å². The predicted molar refractivity (Wildman–Crippen MR) is 91.2 cm³/mol. The number of hydrogen-bond acceptors (Lipinski definition) is 2. The summed E-state index contributed by atoms with van der Waals surface area (Å²) < 4.78 is 6.86. The number of aromatic nitrogens is 1. The molecule has 116 valence electrons. The largest absolute Gasteiger partial charge is 0.480 e. The first-order valence-corrected chi connectivity index (χ1v) is 9.08. The fourth-order valence-corrected chi connectivity index (χ4v) is 6.16. The molecule has 2 heterocycles. The maximum atomic E-state index is 6.86. The van der Waals surface area contributed by atoms with Crippen molar-refractivity contribution in [3.05, 3.63) is 42.1 Å². The molecule has 0 radical (unpaired) electrons. The molecular weight excluding hydrogens is 282 g/mol. The van der Waals surface area contributed by atoms with Crippen LogP contribution in [0.1, 0.15) is 37.7 Å². The molecule has 5 aliphatic rings. The van der Waals surface area contributed by atoms with Crippen LogP contribution in [0, 0.1) is 23.7 Å². The van der Waals surface area contributed by atoms with Crippen LogP contribution in [0.2, 0.25) is 0 Å². The molecule has 4 bridgehead atoms. The monoisotopic (exact) mass is 303 g/mol. The van der Waals surface area contributed by atoms with E-state index in [2.05, 4.69) is 35.3 Å². The smallest absolute Gasteiger partial charge is 0.154 e. The van der Waals surface area contributed by atoms with Gasteiger partial charge in [0, 0.05) is 29.0 Å². The van der Waals surface area contributed by atoms with Gasteiger partial charge in [0.15, 0.2) is 5.75 Å². The maximum Gasteiger partial charge on any atom is 0.154 e. The van der Waals surface area contributed by atoms with Crippen LogP contribution >= 0.6 is 0 Å². The minimum atomic E-state index is -0.0494. The van der Waals surface area contributed by atoms with Gasteiger partial charge in [0.05, 0.1) is 0 Å². The van der Waals surface area contributed by atoms with Gasteiger partial charge < -0.3 is 4.74 Å². The van der Waals surface area contributed by atoms with Crippen molar-refractivity contribution in [1.82, 2.24) is 4.98 Å². The van der Waals surface area contributed by atoms with E-state index in [4.69, 9.17) is 4.74 Å². The lowest BCUT2D eigenvalue weighted by Crippen LogP contribution is -2.60. The van der Waals surface area contributed by atoms with E-state index in [0.717, 1.165) is 23.1 Å². The molecule has 2 aromatic rings. The van der Waals surface area contributed by atoms with Crippen molar-refractivity contribution >= 4 is 17.0 Å². The summed E-state index contributed by atoms with van der Waals surface area (Å²) in [6.07, 6.45) is 13.6. The van der Waals surface area contributed by atoms with Crippen LogP contribution in [-0.4, -0.2) is 10.6 Å². The first kappa shape index (κ1) is 12.6. The van der Waals surface area contributed by atoms with E-state index in [0.29, 0.717) is 11.8 Å². The third kappa shape index (κ3) is 1.57. The summed E-state index contributed by atoms with van der Waals surface area (Å²) in [5.74, 6) is 4.38. The summed E-state index contributed by atoms with van der Waals surface area (Å²) >= 11 is 0. The molecule has 1 aromatic heterocycles. The SMILES string of the molecule is C1=CC2(Oc3c1ccc1cccnc31)C1CC3CC(C1)CC2C3. The Balaban J connectivity index is 1.52. The Morgan fingerprint density at radius 1 is 0.957 bits per heavy atom. The molecule has 2 heteroatoms. The Bertz CT molecular complexity index is 809. The molecule has 4 fully saturated rings. The number of pyridine rings is 1. The van der Waals surface area contributed by atoms with Crippen molar-refractivity contribution in [1.29, 1.82) is 0 Å². The van der Waals surface area contributed by atoms with Crippen molar-refractivity contribution in [3.8, 4) is 5.75 Å². The standard InChI is InChI=1S/C21H21NO/c1-2-15-3-4-16-5-6-21(23-20(16)19(15)22-7-1)17-9-13-8-14(11-17)12-18(21)10-13/h1-7,13-14,17-18H,8-12H2.